The summed E-state index contributed by atoms with van der Waals surface area (Å²) in [6, 6.07) is 4.54. The standard InChI is InChI=1S/C21H22F3N7O3S/c22-21(23,24)16-15-10-12-11-27-19(28-13-4-6-14(7-5-13)35(26,33)34)29-17(12)30(15)20(18(32)31(16)25)8-2-1-3-9-20/h4-7,10-11,16H,1-3,8-9,25H2,(H2,26,33,34)(H,27,28,29). The fourth-order valence-corrected chi connectivity index (χ4v) is 5.59. The zero-order valence-corrected chi connectivity index (χ0v) is 19.1. The van der Waals surface area contributed by atoms with Crippen LogP contribution >= 0.6 is 0 Å². The van der Waals surface area contributed by atoms with Gasteiger partial charge in [0.25, 0.3) is 5.91 Å². The van der Waals surface area contributed by atoms with Gasteiger partial charge in [-0.1, -0.05) is 19.3 Å². The van der Waals surface area contributed by atoms with E-state index in [-0.39, 0.29) is 22.2 Å². The fourth-order valence-electron chi connectivity index (χ4n) is 5.07. The predicted molar refractivity (Wildman–Crippen MR) is 120 cm³/mol. The normalized spacial score (nSPS) is 20.3. The number of sulfonamides is 1. The summed E-state index contributed by atoms with van der Waals surface area (Å²) in [5, 5.41) is 8.68. The van der Waals surface area contributed by atoms with Crippen LogP contribution < -0.4 is 16.3 Å². The molecule has 10 nitrogen and oxygen atoms in total. The number of nitrogens with zero attached hydrogens (tertiary/aromatic N) is 4. The lowest BCUT2D eigenvalue weighted by molar-refractivity contribution is -0.205. The lowest BCUT2D eigenvalue weighted by Crippen LogP contribution is -2.62. The second-order valence-electron chi connectivity index (χ2n) is 8.82. The summed E-state index contributed by atoms with van der Waals surface area (Å²) < 4.78 is 66.4. The van der Waals surface area contributed by atoms with Crippen molar-refractivity contribution in [1.82, 2.24) is 19.5 Å². The first-order valence-corrected chi connectivity index (χ1v) is 12.4. The third kappa shape index (κ3) is 3.81. The number of hydrogen-bond acceptors (Lipinski definition) is 7. The number of nitrogens with one attached hydrogen (secondary N) is 1. The molecule has 3 heterocycles. The maximum atomic E-state index is 14.0. The number of aromatic nitrogens is 3. The van der Waals surface area contributed by atoms with Crippen molar-refractivity contribution in [3.05, 3.63) is 42.2 Å². The number of benzene rings is 1. The summed E-state index contributed by atoms with van der Waals surface area (Å²) in [6.45, 7) is 0. The second kappa shape index (κ2) is 7.90. The number of nitrogens with two attached hydrogens (primary N) is 2. The molecular formula is C21H22F3N7O3S. The Morgan fingerprint density at radius 3 is 2.37 bits per heavy atom. The molecule has 0 bridgehead atoms. The molecular weight excluding hydrogens is 487 g/mol. The molecule has 1 unspecified atom stereocenters. The topological polar surface area (TPSA) is 149 Å². The van der Waals surface area contributed by atoms with Crippen molar-refractivity contribution in [3.63, 3.8) is 0 Å². The van der Waals surface area contributed by atoms with Gasteiger partial charge in [-0.2, -0.15) is 18.2 Å². The molecule has 2 aromatic heterocycles. The summed E-state index contributed by atoms with van der Waals surface area (Å²) in [5.41, 5.74) is -0.780. The third-order valence-electron chi connectivity index (χ3n) is 6.62. The highest BCUT2D eigenvalue weighted by atomic mass is 32.2. The number of anilines is 2. The number of carbonyl (C=O) groups excluding carboxylic acids is 1. The quantitative estimate of drug-likeness (QED) is 0.363. The third-order valence-corrected chi connectivity index (χ3v) is 7.55. The Bertz CT molecular complexity index is 1410. The van der Waals surface area contributed by atoms with E-state index in [1.54, 1.807) is 0 Å². The molecule has 1 aromatic carbocycles. The highest BCUT2D eigenvalue weighted by Gasteiger charge is 2.58. The van der Waals surface area contributed by atoms with Crippen molar-refractivity contribution in [2.75, 3.05) is 5.32 Å². The van der Waals surface area contributed by atoms with Crippen LogP contribution in [0.25, 0.3) is 11.0 Å². The Labute approximate surface area is 198 Å². The van der Waals surface area contributed by atoms with Crippen LogP contribution in [0.1, 0.15) is 43.8 Å². The molecule has 35 heavy (non-hydrogen) atoms. The summed E-state index contributed by atoms with van der Waals surface area (Å²) in [4.78, 5) is 21.9. The number of alkyl halides is 3. The first-order valence-electron chi connectivity index (χ1n) is 10.9. The zero-order valence-electron chi connectivity index (χ0n) is 18.3. The van der Waals surface area contributed by atoms with Gasteiger partial charge in [0, 0.05) is 17.3 Å². The number of hydrazine groups is 1. The molecule has 0 saturated heterocycles. The Morgan fingerprint density at radius 1 is 1.11 bits per heavy atom. The van der Waals surface area contributed by atoms with Gasteiger partial charge in [0.05, 0.1) is 10.6 Å². The Balaban J connectivity index is 1.63. The molecule has 14 heteroatoms. The van der Waals surface area contributed by atoms with Crippen LogP contribution in [0.4, 0.5) is 24.8 Å². The van der Waals surface area contributed by atoms with Gasteiger partial charge >= 0.3 is 6.18 Å². The molecule has 5 rings (SSSR count). The molecule has 0 radical (unpaired) electrons. The summed E-state index contributed by atoms with van der Waals surface area (Å²) in [6.07, 6.45) is -0.501. The smallest absolute Gasteiger partial charge is 0.324 e. The van der Waals surface area contributed by atoms with Crippen molar-refractivity contribution < 1.29 is 26.4 Å². The van der Waals surface area contributed by atoms with Crippen molar-refractivity contribution in [3.8, 4) is 0 Å². The van der Waals surface area contributed by atoms with Crippen LogP contribution in [0.2, 0.25) is 0 Å². The maximum absolute atomic E-state index is 14.0. The van der Waals surface area contributed by atoms with Crippen molar-refractivity contribution in [2.24, 2.45) is 11.0 Å². The maximum Gasteiger partial charge on any atom is 0.416 e. The molecule has 186 valence electrons. The first-order chi connectivity index (χ1) is 16.4. The van der Waals surface area contributed by atoms with Gasteiger partial charge < -0.3 is 9.88 Å². The number of carbonyl (C=O) groups is 1. The Morgan fingerprint density at radius 2 is 1.77 bits per heavy atom. The average molecular weight is 510 g/mol. The molecule has 1 saturated carbocycles. The summed E-state index contributed by atoms with van der Waals surface area (Å²) >= 11 is 0. The number of amides is 1. The molecule has 5 N–H and O–H groups in total. The van der Waals surface area contributed by atoms with Gasteiger partial charge in [-0.05, 0) is 43.2 Å². The molecule has 3 aromatic rings. The van der Waals surface area contributed by atoms with E-state index in [1.807, 2.05) is 0 Å². The monoisotopic (exact) mass is 509 g/mol. The van der Waals surface area contributed by atoms with E-state index in [4.69, 9.17) is 11.0 Å². The predicted octanol–water partition coefficient (Wildman–Crippen LogP) is 2.80. The van der Waals surface area contributed by atoms with Crippen LogP contribution in [0.5, 0.6) is 0 Å². The first kappa shape index (κ1) is 23.5. The SMILES string of the molecule is NN1C(=O)C2(CCCCC2)n2c(cc3cnc(Nc4ccc(S(N)(=O)=O)cc4)nc32)C1C(F)(F)F. The molecule has 1 aliphatic carbocycles. The lowest BCUT2D eigenvalue weighted by Gasteiger charge is -2.47. The molecule has 1 amide bonds. The van der Waals surface area contributed by atoms with Crippen LogP contribution in [0.3, 0.4) is 0 Å². The minimum Gasteiger partial charge on any atom is -0.324 e. The van der Waals surface area contributed by atoms with Crippen molar-refractivity contribution >= 4 is 38.6 Å². The van der Waals surface area contributed by atoms with Gasteiger partial charge in [-0.3, -0.25) is 9.80 Å². The summed E-state index contributed by atoms with van der Waals surface area (Å²) in [5.74, 6) is 5.06. The van der Waals surface area contributed by atoms with E-state index in [1.165, 1.54) is 41.1 Å². The molecule has 1 fully saturated rings. The van der Waals surface area contributed by atoms with Crippen LogP contribution in [-0.4, -0.2) is 40.0 Å². The van der Waals surface area contributed by atoms with Crippen molar-refractivity contribution in [1.29, 1.82) is 0 Å². The lowest BCUT2D eigenvalue weighted by atomic mass is 9.78. The van der Waals surface area contributed by atoms with Crippen LogP contribution in [-0.2, 0) is 20.4 Å². The number of rotatable bonds is 3. The number of fused-ring (bicyclic) bond motifs is 4. The minimum atomic E-state index is -4.79. The number of hydrogen-bond donors (Lipinski definition) is 3. The van der Waals surface area contributed by atoms with Crippen molar-refractivity contribution in [2.45, 2.75) is 54.8 Å². The minimum absolute atomic E-state index is 0.0684. The van der Waals surface area contributed by atoms with E-state index in [0.29, 0.717) is 41.8 Å². The van der Waals surface area contributed by atoms with E-state index < -0.39 is 33.7 Å². The molecule has 1 spiro atoms. The van der Waals surface area contributed by atoms with E-state index in [9.17, 15) is 26.4 Å². The number of primary sulfonamides is 1. The average Bonchev–Trinajstić information content (AvgIpc) is 3.16. The Kier molecular flexibility index (Phi) is 5.30. The fraction of sp³-hybridized carbons (Fsp3) is 0.381. The largest absolute Gasteiger partial charge is 0.416 e. The molecule has 1 atom stereocenters. The molecule has 1 aliphatic heterocycles. The van der Waals surface area contributed by atoms with Gasteiger partial charge in [0.15, 0.2) is 6.04 Å². The van der Waals surface area contributed by atoms with Gasteiger partial charge in [0.2, 0.25) is 16.0 Å². The highest BCUT2D eigenvalue weighted by molar-refractivity contribution is 7.89. The van der Waals surface area contributed by atoms with Crippen LogP contribution in [0.15, 0.2) is 41.4 Å². The highest BCUT2D eigenvalue weighted by Crippen LogP contribution is 2.49. The Hall–Kier alpha value is -3.23. The van der Waals surface area contributed by atoms with E-state index in [0.717, 1.165) is 6.42 Å². The van der Waals surface area contributed by atoms with Gasteiger partial charge in [-0.25, -0.2) is 24.4 Å². The van der Waals surface area contributed by atoms with E-state index >= 15 is 0 Å². The van der Waals surface area contributed by atoms with E-state index in [2.05, 4.69) is 15.3 Å². The van der Waals surface area contributed by atoms with Crippen LogP contribution in [0, 0.1) is 0 Å². The summed E-state index contributed by atoms with van der Waals surface area (Å²) in [7, 11) is -3.87. The van der Waals surface area contributed by atoms with Gasteiger partial charge in [-0.15, -0.1) is 0 Å². The molecule has 2 aliphatic rings. The number of halogens is 3. The van der Waals surface area contributed by atoms with Gasteiger partial charge in [0.1, 0.15) is 11.2 Å². The second-order valence-corrected chi connectivity index (χ2v) is 10.4. The zero-order chi connectivity index (χ0) is 25.2.